The van der Waals surface area contributed by atoms with Gasteiger partial charge in [0.25, 0.3) is 0 Å². The lowest BCUT2D eigenvalue weighted by molar-refractivity contribution is -0.605. The Bertz CT molecular complexity index is 46.5. The molecule has 0 aromatic heterocycles. The molecule has 0 rings (SSSR count). The van der Waals surface area contributed by atoms with Gasteiger partial charge >= 0.3 is 0 Å². The smallest absolute Gasteiger partial charge is 0.207 e. The van der Waals surface area contributed by atoms with E-state index in [1.54, 1.807) is 0 Å². The standard InChI is InChI=1S/C4H11NO3/c1-7-4(8-2)3-5-6/h4H,3,5H2,1-2H3. The summed E-state index contributed by atoms with van der Waals surface area (Å²) in [5.74, 6) is 0. The predicted molar refractivity (Wildman–Crippen MR) is 28.0 cm³/mol. The summed E-state index contributed by atoms with van der Waals surface area (Å²) in [6.07, 6.45) is -0.368. The fraction of sp³-hybridized carbons (Fsp3) is 1.00. The third-order valence-corrected chi connectivity index (χ3v) is 0.814. The topological polar surface area (TPSA) is 58.1 Å². The van der Waals surface area contributed by atoms with Crippen LogP contribution in [0.5, 0.6) is 0 Å². The number of ether oxygens (including phenoxy) is 2. The Hall–Kier alpha value is -0.160. The maximum atomic E-state index is 9.77. The summed E-state index contributed by atoms with van der Waals surface area (Å²) in [4.78, 5) is 0. The molecule has 4 heteroatoms. The lowest BCUT2D eigenvalue weighted by Crippen LogP contribution is -2.80. The van der Waals surface area contributed by atoms with E-state index in [1.165, 1.54) is 14.2 Å². The van der Waals surface area contributed by atoms with E-state index in [0.29, 0.717) is 6.54 Å². The molecule has 0 bridgehead atoms. The zero-order valence-corrected chi connectivity index (χ0v) is 5.09. The van der Waals surface area contributed by atoms with Crippen LogP contribution in [0.2, 0.25) is 0 Å². The van der Waals surface area contributed by atoms with E-state index in [4.69, 9.17) is 0 Å². The number of rotatable bonds is 4. The summed E-state index contributed by atoms with van der Waals surface area (Å²) in [5.41, 5.74) is 0.762. The van der Waals surface area contributed by atoms with Crippen molar-refractivity contribution in [2.24, 2.45) is 0 Å². The minimum absolute atomic E-state index is 0.299. The normalized spacial score (nSPS) is 10.5. The predicted octanol–water partition coefficient (Wildman–Crippen LogP) is -1.33. The molecule has 8 heavy (non-hydrogen) atoms. The second kappa shape index (κ2) is 4.99. The Kier molecular flexibility index (Phi) is 4.89. The Morgan fingerprint density at radius 3 is 2.12 bits per heavy atom. The van der Waals surface area contributed by atoms with Gasteiger partial charge in [0.1, 0.15) is 6.54 Å². The fourth-order valence-corrected chi connectivity index (χ4v) is 0.367. The van der Waals surface area contributed by atoms with E-state index >= 15 is 0 Å². The van der Waals surface area contributed by atoms with Crippen LogP contribution in [0.25, 0.3) is 0 Å². The molecule has 0 heterocycles. The second-order valence-corrected chi connectivity index (χ2v) is 1.30. The molecule has 4 nitrogen and oxygen atoms in total. The average molecular weight is 121 g/mol. The van der Waals surface area contributed by atoms with Crippen LogP contribution < -0.4 is 5.48 Å². The Labute approximate surface area is 48.4 Å². The summed E-state index contributed by atoms with van der Waals surface area (Å²) in [7, 11) is 3.00. The van der Waals surface area contributed by atoms with Gasteiger partial charge in [-0.1, -0.05) is 0 Å². The van der Waals surface area contributed by atoms with Crippen LogP contribution >= 0.6 is 0 Å². The number of nitrogens with two attached hydrogens (primary N) is 1. The third kappa shape index (κ3) is 2.92. The first kappa shape index (κ1) is 7.84. The van der Waals surface area contributed by atoms with Gasteiger partial charge in [0, 0.05) is 14.2 Å². The summed E-state index contributed by atoms with van der Waals surface area (Å²) >= 11 is 0. The van der Waals surface area contributed by atoms with E-state index in [1.807, 2.05) is 0 Å². The van der Waals surface area contributed by atoms with Crippen molar-refractivity contribution < 1.29 is 15.0 Å². The highest BCUT2D eigenvalue weighted by Crippen LogP contribution is 1.82. The van der Waals surface area contributed by atoms with E-state index in [2.05, 4.69) is 9.47 Å². The average Bonchev–Trinajstić information content (AvgIpc) is 1.83. The monoisotopic (exact) mass is 121 g/mol. The highest BCUT2D eigenvalue weighted by Gasteiger charge is 2.01. The van der Waals surface area contributed by atoms with Gasteiger partial charge in [0.05, 0.1) is 0 Å². The van der Waals surface area contributed by atoms with Crippen molar-refractivity contribution in [3.8, 4) is 0 Å². The Morgan fingerprint density at radius 2 is 2.00 bits per heavy atom. The highest BCUT2D eigenvalue weighted by atomic mass is 16.7. The minimum Gasteiger partial charge on any atom is -0.636 e. The molecular weight excluding hydrogens is 110 g/mol. The van der Waals surface area contributed by atoms with Gasteiger partial charge < -0.3 is 20.2 Å². The van der Waals surface area contributed by atoms with Crippen molar-refractivity contribution in [2.45, 2.75) is 6.29 Å². The van der Waals surface area contributed by atoms with Crippen molar-refractivity contribution in [1.29, 1.82) is 0 Å². The van der Waals surface area contributed by atoms with Crippen molar-refractivity contribution in [1.82, 2.24) is 0 Å². The first-order valence-electron chi connectivity index (χ1n) is 2.34. The molecular formula is C4H11NO3. The fourth-order valence-electron chi connectivity index (χ4n) is 0.367. The third-order valence-electron chi connectivity index (χ3n) is 0.814. The second-order valence-electron chi connectivity index (χ2n) is 1.30. The molecule has 2 N–H and O–H groups in total. The van der Waals surface area contributed by atoms with Crippen LogP contribution in [0.4, 0.5) is 0 Å². The lowest BCUT2D eigenvalue weighted by Gasteiger charge is -2.11. The van der Waals surface area contributed by atoms with E-state index in [0.717, 1.165) is 5.48 Å². The Balaban J connectivity index is 3.07. The maximum Gasteiger partial charge on any atom is 0.207 e. The van der Waals surface area contributed by atoms with Crippen molar-refractivity contribution >= 4 is 0 Å². The number of hydroxylamine groups is 1. The lowest BCUT2D eigenvalue weighted by atomic mass is 10.6. The van der Waals surface area contributed by atoms with Gasteiger partial charge in [-0.05, 0) is 0 Å². The molecule has 0 aliphatic heterocycles. The van der Waals surface area contributed by atoms with Gasteiger partial charge in [-0.15, -0.1) is 0 Å². The van der Waals surface area contributed by atoms with E-state index < -0.39 is 0 Å². The summed E-state index contributed by atoms with van der Waals surface area (Å²) < 4.78 is 9.37. The zero-order chi connectivity index (χ0) is 6.41. The van der Waals surface area contributed by atoms with Gasteiger partial charge in [-0.2, -0.15) is 0 Å². The molecule has 0 saturated heterocycles. The molecule has 0 spiro atoms. The SMILES string of the molecule is COC(C[NH2+][O-])OC. The van der Waals surface area contributed by atoms with Gasteiger partial charge in [0.2, 0.25) is 6.29 Å². The van der Waals surface area contributed by atoms with Crippen molar-refractivity contribution in [3.63, 3.8) is 0 Å². The first-order valence-corrected chi connectivity index (χ1v) is 2.34. The number of quaternary nitrogens is 1. The number of hydrogen-bond donors (Lipinski definition) is 1. The zero-order valence-electron chi connectivity index (χ0n) is 5.09. The van der Waals surface area contributed by atoms with Crippen LogP contribution in [0, 0.1) is 5.21 Å². The van der Waals surface area contributed by atoms with Crippen molar-refractivity contribution in [2.75, 3.05) is 20.8 Å². The molecule has 0 unspecified atom stereocenters. The molecule has 0 aliphatic rings. The molecule has 0 radical (unpaired) electrons. The molecule has 0 aliphatic carbocycles. The molecule has 0 aromatic carbocycles. The van der Waals surface area contributed by atoms with Gasteiger partial charge in [-0.3, -0.25) is 0 Å². The minimum atomic E-state index is -0.368. The van der Waals surface area contributed by atoms with Crippen LogP contribution in [0.3, 0.4) is 0 Å². The number of hydrogen-bond acceptors (Lipinski definition) is 3. The van der Waals surface area contributed by atoms with E-state index in [9.17, 15) is 5.21 Å². The summed E-state index contributed by atoms with van der Waals surface area (Å²) in [6.45, 7) is 0.299. The van der Waals surface area contributed by atoms with Gasteiger partial charge in [-0.25, -0.2) is 0 Å². The highest BCUT2D eigenvalue weighted by molar-refractivity contribution is 4.31. The van der Waals surface area contributed by atoms with E-state index in [-0.39, 0.29) is 6.29 Å². The number of methoxy groups -OCH3 is 2. The van der Waals surface area contributed by atoms with Crippen LogP contribution in [-0.2, 0) is 9.47 Å². The van der Waals surface area contributed by atoms with Crippen molar-refractivity contribution in [3.05, 3.63) is 5.21 Å². The quantitative estimate of drug-likeness (QED) is 0.370. The molecule has 0 aromatic rings. The van der Waals surface area contributed by atoms with Crippen LogP contribution in [-0.4, -0.2) is 27.1 Å². The molecule has 0 fully saturated rings. The first-order chi connectivity index (χ1) is 3.85. The molecule has 50 valence electrons. The van der Waals surface area contributed by atoms with Gasteiger partial charge in [0.15, 0.2) is 0 Å². The summed E-state index contributed by atoms with van der Waals surface area (Å²) in [5, 5.41) is 9.77. The molecule has 0 saturated carbocycles. The summed E-state index contributed by atoms with van der Waals surface area (Å²) in [6, 6.07) is 0. The molecule has 0 atom stereocenters. The molecule has 0 amide bonds. The van der Waals surface area contributed by atoms with Crippen LogP contribution in [0.1, 0.15) is 0 Å². The van der Waals surface area contributed by atoms with Crippen LogP contribution in [0.15, 0.2) is 0 Å². The Morgan fingerprint density at radius 1 is 1.50 bits per heavy atom. The maximum absolute atomic E-state index is 9.77. The largest absolute Gasteiger partial charge is 0.636 e.